The zero-order valence-electron chi connectivity index (χ0n) is 12.2. The normalized spacial score (nSPS) is 10.4. The summed E-state index contributed by atoms with van der Waals surface area (Å²) >= 11 is 6.97. The van der Waals surface area contributed by atoms with Crippen LogP contribution in [-0.2, 0) is 6.54 Å². The number of amides is 1. The second-order valence-electron chi connectivity index (χ2n) is 4.73. The number of hydrogen-bond donors (Lipinski definition) is 2. The van der Waals surface area contributed by atoms with Gasteiger partial charge in [0, 0.05) is 12.7 Å². The third-order valence-corrected chi connectivity index (χ3v) is 3.96. The molecule has 1 amide bonds. The summed E-state index contributed by atoms with van der Waals surface area (Å²) in [6, 6.07) is 7.82. The number of benzene rings is 1. The summed E-state index contributed by atoms with van der Waals surface area (Å²) in [7, 11) is 0. The maximum Gasteiger partial charge on any atom is 0.259 e. The lowest BCUT2D eigenvalue weighted by atomic mass is 10.2. The fourth-order valence-corrected chi connectivity index (χ4v) is 2.51. The van der Waals surface area contributed by atoms with Crippen LogP contribution in [0.4, 0.5) is 15.3 Å². The van der Waals surface area contributed by atoms with Gasteiger partial charge in [0.05, 0.1) is 10.6 Å². The first-order valence-corrected chi connectivity index (χ1v) is 8.09. The lowest BCUT2D eigenvalue weighted by molar-refractivity contribution is 0.102. The van der Waals surface area contributed by atoms with E-state index >= 15 is 0 Å². The zero-order chi connectivity index (χ0) is 16.9. The van der Waals surface area contributed by atoms with Crippen molar-refractivity contribution < 1.29 is 9.18 Å². The molecule has 122 valence electrons. The van der Waals surface area contributed by atoms with Crippen LogP contribution in [0.5, 0.6) is 0 Å². The van der Waals surface area contributed by atoms with Crippen LogP contribution >= 0.6 is 22.9 Å². The third kappa shape index (κ3) is 4.03. The summed E-state index contributed by atoms with van der Waals surface area (Å²) in [4.78, 5) is 16.2. The highest BCUT2D eigenvalue weighted by molar-refractivity contribution is 7.13. The van der Waals surface area contributed by atoms with Crippen molar-refractivity contribution in [1.82, 2.24) is 15.2 Å². The molecule has 0 fully saturated rings. The van der Waals surface area contributed by atoms with E-state index < -0.39 is 5.82 Å². The predicted octanol–water partition coefficient (Wildman–Crippen LogP) is 3.59. The molecule has 0 saturated heterocycles. The molecule has 0 unspecified atom stereocenters. The van der Waals surface area contributed by atoms with Crippen LogP contribution in [0.2, 0.25) is 5.02 Å². The molecule has 0 aliphatic heterocycles. The molecular weight excluding hydrogens is 353 g/mol. The summed E-state index contributed by atoms with van der Waals surface area (Å²) in [6.07, 6.45) is 1.45. The maximum atomic E-state index is 13.1. The number of nitrogens with one attached hydrogen (secondary N) is 2. The molecule has 0 radical (unpaired) electrons. The molecule has 9 heteroatoms. The van der Waals surface area contributed by atoms with Gasteiger partial charge < -0.3 is 5.32 Å². The molecule has 6 nitrogen and oxygen atoms in total. The number of rotatable bonds is 5. The summed E-state index contributed by atoms with van der Waals surface area (Å²) in [5.41, 5.74) is 2.75. The Morgan fingerprint density at radius 1 is 1.29 bits per heavy atom. The molecule has 1 aromatic carbocycles. The van der Waals surface area contributed by atoms with Crippen molar-refractivity contribution in [2.45, 2.75) is 6.54 Å². The fourth-order valence-electron chi connectivity index (χ4n) is 1.87. The van der Waals surface area contributed by atoms with E-state index in [0.29, 0.717) is 23.1 Å². The minimum atomic E-state index is -0.454. The first-order chi connectivity index (χ1) is 11.6. The van der Waals surface area contributed by atoms with Gasteiger partial charge in [0.15, 0.2) is 0 Å². The van der Waals surface area contributed by atoms with Crippen molar-refractivity contribution in [1.29, 1.82) is 0 Å². The van der Waals surface area contributed by atoms with E-state index in [9.17, 15) is 9.18 Å². The molecule has 0 aliphatic rings. The Hall–Kier alpha value is -2.58. The van der Waals surface area contributed by atoms with Crippen LogP contribution < -0.4 is 10.6 Å². The topological polar surface area (TPSA) is 79.8 Å². The van der Waals surface area contributed by atoms with E-state index in [1.807, 2.05) is 0 Å². The third-order valence-electron chi connectivity index (χ3n) is 3.06. The maximum absolute atomic E-state index is 13.1. The van der Waals surface area contributed by atoms with E-state index in [2.05, 4.69) is 25.8 Å². The van der Waals surface area contributed by atoms with E-state index in [-0.39, 0.29) is 10.9 Å². The Morgan fingerprint density at radius 2 is 2.17 bits per heavy atom. The Bertz CT molecular complexity index is 842. The quantitative estimate of drug-likeness (QED) is 0.724. The summed E-state index contributed by atoms with van der Waals surface area (Å²) in [5, 5.41) is 13.6. The van der Waals surface area contributed by atoms with Crippen molar-refractivity contribution in [3.8, 4) is 0 Å². The molecule has 2 aromatic heterocycles. The molecule has 3 rings (SSSR count). The van der Waals surface area contributed by atoms with Crippen molar-refractivity contribution in [3.05, 3.63) is 64.0 Å². The van der Waals surface area contributed by atoms with E-state index in [4.69, 9.17) is 11.6 Å². The van der Waals surface area contributed by atoms with E-state index in [1.54, 1.807) is 24.3 Å². The molecule has 2 N–H and O–H groups in total. The number of carbonyl (C=O) groups excluding carboxylic acids is 1. The SMILES string of the molecule is O=C(Nc1nncs1)c1ccc(NCc2ccc(F)c(Cl)c2)nc1. The molecule has 0 bridgehead atoms. The summed E-state index contributed by atoms with van der Waals surface area (Å²) in [5.74, 6) is -0.177. The number of anilines is 2. The van der Waals surface area contributed by atoms with Crippen molar-refractivity contribution >= 4 is 39.8 Å². The van der Waals surface area contributed by atoms with E-state index in [0.717, 1.165) is 5.56 Å². The second-order valence-corrected chi connectivity index (χ2v) is 5.97. The number of halogens is 2. The van der Waals surface area contributed by atoms with Gasteiger partial charge >= 0.3 is 0 Å². The number of nitrogens with zero attached hydrogens (tertiary/aromatic N) is 3. The molecule has 24 heavy (non-hydrogen) atoms. The molecule has 0 spiro atoms. The molecule has 3 aromatic rings. The van der Waals surface area contributed by atoms with Gasteiger partial charge in [-0.15, -0.1) is 10.2 Å². The molecular formula is C15H11ClFN5OS. The Kier molecular flexibility index (Phi) is 4.97. The fraction of sp³-hybridized carbons (Fsp3) is 0.0667. The minimum Gasteiger partial charge on any atom is -0.366 e. The van der Waals surface area contributed by atoms with Gasteiger partial charge in [-0.3, -0.25) is 10.1 Å². The molecule has 2 heterocycles. The smallest absolute Gasteiger partial charge is 0.259 e. The van der Waals surface area contributed by atoms with E-state index in [1.165, 1.54) is 29.1 Å². The average Bonchev–Trinajstić information content (AvgIpc) is 3.09. The predicted molar refractivity (Wildman–Crippen MR) is 90.8 cm³/mol. The average molecular weight is 364 g/mol. The Labute approximate surface area is 145 Å². The Morgan fingerprint density at radius 3 is 2.83 bits per heavy atom. The molecule has 0 aliphatic carbocycles. The lowest BCUT2D eigenvalue weighted by Crippen LogP contribution is -2.12. The highest BCUT2D eigenvalue weighted by atomic mass is 35.5. The minimum absolute atomic E-state index is 0.0750. The van der Waals surface area contributed by atoms with Gasteiger partial charge in [-0.1, -0.05) is 29.0 Å². The first-order valence-electron chi connectivity index (χ1n) is 6.83. The van der Waals surface area contributed by atoms with Crippen LogP contribution in [0.25, 0.3) is 0 Å². The highest BCUT2D eigenvalue weighted by Crippen LogP contribution is 2.17. The first kappa shape index (κ1) is 16.3. The van der Waals surface area contributed by atoms with Gasteiger partial charge in [-0.25, -0.2) is 9.37 Å². The van der Waals surface area contributed by atoms with Crippen molar-refractivity contribution in [2.24, 2.45) is 0 Å². The van der Waals surface area contributed by atoms with Crippen LogP contribution in [0.15, 0.2) is 42.0 Å². The highest BCUT2D eigenvalue weighted by Gasteiger charge is 2.08. The summed E-state index contributed by atoms with van der Waals surface area (Å²) < 4.78 is 13.1. The number of aromatic nitrogens is 3. The number of pyridine rings is 1. The van der Waals surface area contributed by atoms with Gasteiger partial charge in [-0.05, 0) is 29.8 Å². The van der Waals surface area contributed by atoms with Crippen LogP contribution in [0.1, 0.15) is 15.9 Å². The van der Waals surface area contributed by atoms with Crippen molar-refractivity contribution in [2.75, 3.05) is 10.6 Å². The largest absolute Gasteiger partial charge is 0.366 e. The Balaban J connectivity index is 1.59. The van der Waals surface area contributed by atoms with Gasteiger partial charge in [0.2, 0.25) is 5.13 Å². The summed E-state index contributed by atoms with van der Waals surface area (Å²) in [6.45, 7) is 0.434. The van der Waals surface area contributed by atoms with Crippen LogP contribution in [0.3, 0.4) is 0 Å². The van der Waals surface area contributed by atoms with Crippen LogP contribution in [0, 0.1) is 5.82 Å². The standard InChI is InChI=1S/C15H11ClFN5OS/c16-11-5-9(1-3-12(11)17)6-18-13-4-2-10(7-19-13)14(23)21-15-22-20-8-24-15/h1-5,7-8H,6H2,(H,18,19)(H,21,22,23). The van der Waals surface area contributed by atoms with Gasteiger partial charge in [0.25, 0.3) is 5.91 Å². The lowest BCUT2D eigenvalue weighted by Gasteiger charge is -2.07. The zero-order valence-corrected chi connectivity index (χ0v) is 13.7. The number of carbonyl (C=O) groups is 1. The second kappa shape index (κ2) is 7.33. The number of hydrogen-bond acceptors (Lipinski definition) is 6. The van der Waals surface area contributed by atoms with Gasteiger partial charge in [-0.2, -0.15) is 0 Å². The monoisotopic (exact) mass is 363 g/mol. The molecule has 0 saturated carbocycles. The van der Waals surface area contributed by atoms with Gasteiger partial charge in [0.1, 0.15) is 17.1 Å². The van der Waals surface area contributed by atoms with Crippen molar-refractivity contribution in [3.63, 3.8) is 0 Å². The van der Waals surface area contributed by atoms with Crippen LogP contribution in [-0.4, -0.2) is 21.1 Å². The molecule has 0 atom stereocenters.